The molecule has 0 saturated heterocycles. The van der Waals surface area contributed by atoms with Gasteiger partial charge in [0.05, 0.1) is 0 Å². The monoisotopic (exact) mass is 190 g/mol. The second-order valence-corrected chi connectivity index (χ2v) is 2.99. The lowest BCUT2D eigenvalue weighted by atomic mass is 10.0. The molecule has 2 nitrogen and oxygen atoms in total. The van der Waals surface area contributed by atoms with Crippen LogP contribution in [0.25, 0.3) is 0 Å². The minimum Gasteiger partial charge on any atom is -0.504 e. The summed E-state index contributed by atoms with van der Waals surface area (Å²) in [5.74, 6) is -0.448. The van der Waals surface area contributed by atoms with E-state index in [4.69, 9.17) is 16.7 Å². The largest absolute Gasteiger partial charge is 0.504 e. The first-order valence-electron chi connectivity index (χ1n) is 4.25. The van der Waals surface area contributed by atoms with Gasteiger partial charge in [0.1, 0.15) is 0 Å². The Balaban J connectivity index is 0.000000202. The zero-order chi connectivity index (χ0) is 9.23. The molecule has 3 heteroatoms. The van der Waals surface area contributed by atoms with Crippen LogP contribution >= 0.6 is 11.6 Å². The molecule has 1 aliphatic carbocycles. The topological polar surface area (TPSA) is 37.3 Å². The fourth-order valence-electron chi connectivity index (χ4n) is 1.09. The van der Waals surface area contributed by atoms with E-state index in [1.807, 2.05) is 0 Å². The van der Waals surface area contributed by atoms with Gasteiger partial charge in [0.25, 0.3) is 0 Å². The van der Waals surface area contributed by atoms with Crippen molar-refractivity contribution < 1.29 is 9.90 Å². The van der Waals surface area contributed by atoms with E-state index < -0.39 is 5.76 Å². The second kappa shape index (κ2) is 8.60. The summed E-state index contributed by atoms with van der Waals surface area (Å²) in [5, 5.41) is 8.03. The van der Waals surface area contributed by atoms with Crippen molar-refractivity contribution in [3.8, 4) is 0 Å². The van der Waals surface area contributed by atoms with Crippen molar-refractivity contribution in [2.75, 3.05) is 0 Å². The molecule has 0 radical (unpaired) electrons. The van der Waals surface area contributed by atoms with Gasteiger partial charge in [0.15, 0.2) is 12.0 Å². The summed E-state index contributed by atoms with van der Waals surface area (Å²) in [6.07, 6.45) is 9.26. The van der Waals surface area contributed by atoms with Crippen LogP contribution in [0.3, 0.4) is 0 Å². The highest BCUT2D eigenvalue weighted by Gasteiger charge is 1.95. The van der Waals surface area contributed by atoms with E-state index in [0.717, 1.165) is 5.54 Å². The SMILES string of the molecule is C1CCCCC1.O=C/C(O)=C/Cl. The number of aldehydes is 1. The summed E-state index contributed by atoms with van der Waals surface area (Å²) < 4.78 is 0. The first-order valence-corrected chi connectivity index (χ1v) is 4.69. The van der Waals surface area contributed by atoms with E-state index in [0.29, 0.717) is 0 Å². The number of carbonyl (C=O) groups is 1. The van der Waals surface area contributed by atoms with Gasteiger partial charge in [-0.25, -0.2) is 0 Å². The Morgan fingerprint density at radius 1 is 1.08 bits per heavy atom. The molecule has 1 N–H and O–H groups in total. The van der Waals surface area contributed by atoms with Crippen molar-refractivity contribution in [2.45, 2.75) is 38.5 Å². The highest BCUT2D eigenvalue weighted by atomic mass is 35.5. The van der Waals surface area contributed by atoms with Crippen LogP contribution in [0.2, 0.25) is 0 Å². The van der Waals surface area contributed by atoms with Crippen LogP contribution in [-0.4, -0.2) is 11.4 Å². The molecule has 1 saturated carbocycles. The molecule has 0 aliphatic heterocycles. The van der Waals surface area contributed by atoms with E-state index in [9.17, 15) is 4.79 Å². The summed E-state index contributed by atoms with van der Waals surface area (Å²) in [5.41, 5.74) is 0.799. The van der Waals surface area contributed by atoms with Gasteiger partial charge >= 0.3 is 0 Å². The van der Waals surface area contributed by atoms with E-state index >= 15 is 0 Å². The van der Waals surface area contributed by atoms with Gasteiger partial charge < -0.3 is 5.11 Å². The van der Waals surface area contributed by atoms with E-state index in [1.165, 1.54) is 38.5 Å². The van der Waals surface area contributed by atoms with Crippen LogP contribution in [0.5, 0.6) is 0 Å². The van der Waals surface area contributed by atoms with Gasteiger partial charge in [-0.1, -0.05) is 50.1 Å². The van der Waals surface area contributed by atoms with Crippen molar-refractivity contribution in [2.24, 2.45) is 0 Å². The third-order valence-corrected chi connectivity index (χ3v) is 1.96. The van der Waals surface area contributed by atoms with Crippen LogP contribution in [0.4, 0.5) is 0 Å². The third kappa shape index (κ3) is 7.61. The number of carbonyl (C=O) groups excluding carboxylic acids is 1. The van der Waals surface area contributed by atoms with Crippen molar-refractivity contribution >= 4 is 17.9 Å². The number of hydrogen-bond donors (Lipinski definition) is 1. The minimum atomic E-state index is -0.448. The number of aliphatic hydroxyl groups is 1. The van der Waals surface area contributed by atoms with E-state index in [2.05, 4.69) is 0 Å². The molecule has 70 valence electrons. The van der Waals surface area contributed by atoms with Gasteiger partial charge in [-0.2, -0.15) is 0 Å². The summed E-state index contributed by atoms with van der Waals surface area (Å²) in [6.45, 7) is 0. The fraction of sp³-hybridized carbons (Fsp3) is 0.667. The fourth-order valence-corrected chi connectivity index (χ4v) is 1.14. The second-order valence-electron chi connectivity index (χ2n) is 2.77. The van der Waals surface area contributed by atoms with E-state index in [-0.39, 0.29) is 6.29 Å². The summed E-state index contributed by atoms with van der Waals surface area (Å²) in [6, 6.07) is 0. The Morgan fingerprint density at radius 2 is 1.42 bits per heavy atom. The Labute approximate surface area is 78.2 Å². The molecule has 0 heterocycles. The normalized spacial score (nSPS) is 17.6. The molecule has 0 aromatic rings. The lowest BCUT2D eigenvalue weighted by molar-refractivity contribution is -0.106. The molecule has 1 fully saturated rings. The molecular formula is C9H15ClO2. The number of aliphatic hydroxyl groups excluding tert-OH is 1. The van der Waals surface area contributed by atoms with Crippen molar-refractivity contribution in [1.82, 2.24) is 0 Å². The van der Waals surface area contributed by atoms with Crippen LogP contribution in [0.15, 0.2) is 11.3 Å². The predicted octanol–water partition coefficient (Wildman–Crippen LogP) is 3.16. The minimum absolute atomic E-state index is 0.257. The maximum Gasteiger partial charge on any atom is 0.185 e. The van der Waals surface area contributed by atoms with Crippen LogP contribution < -0.4 is 0 Å². The van der Waals surface area contributed by atoms with Crippen molar-refractivity contribution in [3.05, 3.63) is 11.3 Å². The molecule has 0 spiro atoms. The molecule has 1 aliphatic rings. The molecular weight excluding hydrogens is 176 g/mol. The lowest BCUT2D eigenvalue weighted by Gasteiger charge is -2.05. The number of hydrogen-bond acceptors (Lipinski definition) is 2. The Kier molecular flexibility index (Phi) is 8.24. The average Bonchev–Trinajstić information content (AvgIpc) is 2.20. The maximum absolute atomic E-state index is 9.33. The lowest BCUT2D eigenvalue weighted by Crippen LogP contribution is -1.85. The molecule has 0 unspecified atom stereocenters. The first-order chi connectivity index (χ1) is 5.81. The van der Waals surface area contributed by atoms with Crippen molar-refractivity contribution in [3.63, 3.8) is 0 Å². The zero-order valence-corrected chi connectivity index (χ0v) is 7.89. The smallest absolute Gasteiger partial charge is 0.185 e. The molecule has 0 atom stereocenters. The Morgan fingerprint density at radius 3 is 1.50 bits per heavy atom. The maximum atomic E-state index is 9.33. The number of rotatable bonds is 1. The van der Waals surface area contributed by atoms with Crippen LogP contribution in [-0.2, 0) is 4.79 Å². The summed E-state index contributed by atoms with van der Waals surface area (Å²) in [7, 11) is 0. The van der Waals surface area contributed by atoms with Crippen LogP contribution in [0.1, 0.15) is 38.5 Å². The Bertz CT molecular complexity index is 128. The van der Waals surface area contributed by atoms with Gasteiger partial charge in [-0.15, -0.1) is 0 Å². The third-order valence-electron chi connectivity index (χ3n) is 1.73. The van der Waals surface area contributed by atoms with Gasteiger partial charge in [-0.05, 0) is 0 Å². The summed E-state index contributed by atoms with van der Waals surface area (Å²) in [4.78, 5) is 9.33. The van der Waals surface area contributed by atoms with E-state index in [1.54, 1.807) is 0 Å². The quantitative estimate of drug-likeness (QED) is 0.392. The molecule has 12 heavy (non-hydrogen) atoms. The first kappa shape index (κ1) is 11.5. The molecule has 0 aromatic heterocycles. The van der Waals surface area contributed by atoms with Gasteiger partial charge in [0, 0.05) is 5.54 Å². The zero-order valence-electron chi connectivity index (χ0n) is 7.13. The van der Waals surface area contributed by atoms with Gasteiger partial charge in [-0.3, -0.25) is 4.79 Å². The van der Waals surface area contributed by atoms with Crippen LogP contribution in [0, 0.1) is 0 Å². The molecule has 0 amide bonds. The number of halogens is 1. The highest BCUT2D eigenvalue weighted by molar-refractivity contribution is 6.26. The van der Waals surface area contributed by atoms with Gasteiger partial charge in [0.2, 0.25) is 0 Å². The standard InChI is InChI=1S/C6H12.C3H3ClO2/c1-2-4-6-5-3-1;4-1-3(6)2-5/h1-6H2;1-2,6H/b;3-1-. The predicted molar refractivity (Wildman–Crippen MR) is 50.3 cm³/mol. The Hall–Kier alpha value is -0.500. The molecule has 0 aromatic carbocycles. The average molecular weight is 191 g/mol. The molecule has 0 bridgehead atoms. The molecule has 1 rings (SSSR count). The highest BCUT2D eigenvalue weighted by Crippen LogP contribution is 2.15. The summed E-state index contributed by atoms with van der Waals surface area (Å²) >= 11 is 4.81. The van der Waals surface area contributed by atoms with Crippen molar-refractivity contribution in [1.29, 1.82) is 0 Å². The number of allylic oxidation sites excluding steroid dienone is 1.